The van der Waals surface area contributed by atoms with E-state index in [1.165, 1.54) is 0 Å². The molecular weight excluding hydrogens is 326 g/mol. The summed E-state index contributed by atoms with van der Waals surface area (Å²) in [4.78, 5) is 28.4. The van der Waals surface area contributed by atoms with Crippen LogP contribution < -0.4 is 5.32 Å². The molecule has 0 saturated carbocycles. The third-order valence-corrected chi connectivity index (χ3v) is 5.51. The van der Waals surface area contributed by atoms with Crippen LogP contribution in [0.5, 0.6) is 0 Å². The van der Waals surface area contributed by atoms with E-state index >= 15 is 0 Å². The van der Waals surface area contributed by atoms with Gasteiger partial charge in [-0.2, -0.15) is 0 Å². The van der Waals surface area contributed by atoms with Crippen molar-refractivity contribution in [1.82, 2.24) is 25.2 Å². The van der Waals surface area contributed by atoms with E-state index in [0.717, 1.165) is 62.0 Å². The van der Waals surface area contributed by atoms with Gasteiger partial charge in [-0.15, -0.1) is 0 Å². The first-order chi connectivity index (χ1) is 12.7. The molecule has 6 nitrogen and oxygen atoms in total. The summed E-state index contributed by atoms with van der Waals surface area (Å²) in [6, 6.07) is 3.90. The van der Waals surface area contributed by atoms with Crippen molar-refractivity contribution in [3.63, 3.8) is 0 Å². The number of hydrogen-bond donors (Lipinski definition) is 1. The number of carbonyl (C=O) groups excluding carboxylic acids is 1. The monoisotopic (exact) mass is 351 g/mol. The Morgan fingerprint density at radius 3 is 2.85 bits per heavy atom. The van der Waals surface area contributed by atoms with Crippen LogP contribution in [-0.2, 0) is 11.2 Å². The molecule has 2 aliphatic rings. The molecular formula is C20H25N5O. The second-order valence-electron chi connectivity index (χ2n) is 7.37. The van der Waals surface area contributed by atoms with Gasteiger partial charge in [-0.3, -0.25) is 9.78 Å². The molecule has 0 bridgehead atoms. The van der Waals surface area contributed by atoms with Gasteiger partial charge >= 0.3 is 0 Å². The Morgan fingerprint density at radius 2 is 2.08 bits per heavy atom. The molecule has 0 aromatic carbocycles. The van der Waals surface area contributed by atoms with Gasteiger partial charge in [-0.25, -0.2) is 9.97 Å². The van der Waals surface area contributed by atoms with Crippen molar-refractivity contribution in [3.8, 4) is 11.4 Å². The fraction of sp³-hybridized carbons (Fsp3) is 0.500. The predicted molar refractivity (Wildman–Crippen MR) is 99.3 cm³/mol. The lowest BCUT2D eigenvalue weighted by atomic mass is 9.90. The molecule has 0 spiro atoms. The largest absolute Gasteiger partial charge is 0.349 e. The Balaban J connectivity index is 1.49. The molecule has 2 aromatic heterocycles. The van der Waals surface area contributed by atoms with E-state index in [0.29, 0.717) is 5.82 Å². The summed E-state index contributed by atoms with van der Waals surface area (Å²) >= 11 is 0. The fourth-order valence-corrected chi connectivity index (χ4v) is 3.89. The molecule has 4 rings (SSSR count). The van der Waals surface area contributed by atoms with Crippen LogP contribution in [0.2, 0.25) is 0 Å². The summed E-state index contributed by atoms with van der Waals surface area (Å²) in [6.45, 7) is 1.99. The number of carbonyl (C=O) groups is 1. The Labute approximate surface area is 154 Å². The highest BCUT2D eigenvalue weighted by Gasteiger charge is 2.28. The first-order valence-corrected chi connectivity index (χ1v) is 9.46. The molecule has 3 heterocycles. The van der Waals surface area contributed by atoms with Gasteiger partial charge < -0.3 is 10.2 Å². The number of amides is 1. The summed E-state index contributed by atoms with van der Waals surface area (Å²) in [5, 5.41) is 3.27. The van der Waals surface area contributed by atoms with Crippen molar-refractivity contribution in [1.29, 1.82) is 0 Å². The normalized spacial score (nSPS) is 21.2. The summed E-state index contributed by atoms with van der Waals surface area (Å²) in [5.41, 5.74) is 3.05. The van der Waals surface area contributed by atoms with E-state index in [1.54, 1.807) is 12.4 Å². The average Bonchev–Trinajstić information content (AvgIpc) is 2.69. The van der Waals surface area contributed by atoms with Crippen LogP contribution in [0.1, 0.15) is 43.0 Å². The lowest BCUT2D eigenvalue weighted by molar-refractivity contribution is -0.127. The van der Waals surface area contributed by atoms with Gasteiger partial charge in [0.1, 0.15) is 0 Å². The molecule has 6 heteroatoms. The van der Waals surface area contributed by atoms with E-state index < -0.39 is 0 Å². The summed E-state index contributed by atoms with van der Waals surface area (Å²) in [5.74, 6) is 1.03. The van der Waals surface area contributed by atoms with Crippen molar-refractivity contribution in [3.05, 3.63) is 42.0 Å². The van der Waals surface area contributed by atoms with Crippen molar-refractivity contribution in [2.75, 3.05) is 20.1 Å². The number of likely N-dealkylation sites (tertiary alicyclic amines) is 1. The predicted octanol–water partition coefficient (Wildman–Crippen LogP) is 2.37. The molecule has 1 aliphatic heterocycles. The van der Waals surface area contributed by atoms with Crippen molar-refractivity contribution < 1.29 is 4.79 Å². The molecule has 26 heavy (non-hydrogen) atoms. The SMILES string of the molecule is CN1CCC(C(=O)NC2CCCc3nc(-c4cccnc4)ncc32)CC1. The smallest absolute Gasteiger partial charge is 0.223 e. The van der Waals surface area contributed by atoms with Crippen molar-refractivity contribution >= 4 is 5.91 Å². The molecule has 1 saturated heterocycles. The Kier molecular flexibility index (Phi) is 4.93. The standard InChI is InChI=1S/C20H25N5O/c1-25-10-7-14(8-11-25)20(26)24-18-6-2-5-17-16(18)13-22-19(23-17)15-4-3-9-21-12-15/h3-4,9,12-14,18H,2,5-8,10-11H2,1H3,(H,24,26). The molecule has 136 valence electrons. The van der Waals surface area contributed by atoms with Crippen LogP contribution >= 0.6 is 0 Å². The highest BCUT2D eigenvalue weighted by molar-refractivity contribution is 5.79. The zero-order valence-corrected chi connectivity index (χ0v) is 15.2. The lowest BCUT2D eigenvalue weighted by Crippen LogP contribution is -2.41. The molecule has 1 fully saturated rings. The third kappa shape index (κ3) is 3.60. The lowest BCUT2D eigenvalue weighted by Gasteiger charge is -2.31. The maximum Gasteiger partial charge on any atom is 0.223 e. The number of rotatable bonds is 3. The van der Waals surface area contributed by atoms with E-state index in [2.05, 4.69) is 27.2 Å². The number of nitrogens with zero attached hydrogens (tertiary/aromatic N) is 4. The molecule has 1 atom stereocenters. The van der Waals surface area contributed by atoms with Crippen LogP contribution in [0.4, 0.5) is 0 Å². The van der Waals surface area contributed by atoms with Gasteiger partial charge in [0.05, 0.1) is 6.04 Å². The molecule has 1 amide bonds. The fourth-order valence-electron chi connectivity index (χ4n) is 3.89. The van der Waals surface area contributed by atoms with Gasteiger partial charge in [-0.05, 0) is 64.4 Å². The number of hydrogen-bond acceptors (Lipinski definition) is 5. The highest BCUT2D eigenvalue weighted by atomic mass is 16.1. The quantitative estimate of drug-likeness (QED) is 0.919. The summed E-state index contributed by atoms with van der Waals surface area (Å²) in [6.07, 6.45) is 10.2. The van der Waals surface area contributed by atoms with Crippen LogP contribution in [0, 0.1) is 5.92 Å². The number of piperidine rings is 1. The molecule has 1 N–H and O–H groups in total. The Bertz CT molecular complexity index is 771. The number of fused-ring (bicyclic) bond motifs is 1. The average molecular weight is 351 g/mol. The van der Waals surface area contributed by atoms with Crippen LogP contribution in [-0.4, -0.2) is 45.9 Å². The van der Waals surface area contributed by atoms with Gasteiger partial charge in [-0.1, -0.05) is 0 Å². The molecule has 1 unspecified atom stereocenters. The van der Waals surface area contributed by atoms with Gasteiger partial charge in [0.25, 0.3) is 0 Å². The van der Waals surface area contributed by atoms with Gasteiger partial charge in [0.15, 0.2) is 5.82 Å². The van der Waals surface area contributed by atoms with E-state index in [4.69, 9.17) is 4.98 Å². The van der Waals surface area contributed by atoms with Crippen LogP contribution in [0.15, 0.2) is 30.7 Å². The van der Waals surface area contributed by atoms with E-state index in [9.17, 15) is 4.79 Å². The summed E-state index contributed by atoms with van der Waals surface area (Å²) < 4.78 is 0. The van der Waals surface area contributed by atoms with Crippen LogP contribution in [0.3, 0.4) is 0 Å². The van der Waals surface area contributed by atoms with E-state index in [1.807, 2.05) is 18.3 Å². The van der Waals surface area contributed by atoms with Crippen molar-refractivity contribution in [2.24, 2.45) is 5.92 Å². The van der Waals surface area contributed by atoms with Crippen molar-refractivity contribution in [2.45, 2.75) is 38.1 Å². The number of aromatic nitrogens is 3. The first kappa shape index (κ1) is 17.1. The maximum atomic E-state index is 12.7. The van der Waals surface area contributed by atoms with Crippen LogP contribution in [0.25, 0.3) is 11.4 Å². The topological polar surface area (TPSA) is 71.0 Å². The minimum absolute atomic E-state index is 0.0360. The minimum Gasteiger partial charge on any atom is -0.349 e. The number of aryl methyl sites for hydroxylation is 1. The molecule has 2 aromatic rings. The minimum atomic E-state index is 0.0360. The van der Waals surface area contributed by atoms with E-state index in [-0.39, 0.29) is 17.9 Å². The number of pyridine rings is 1. The Morgan fingerprint density at radius 1 is 1.23 bits per heavy atom. The van der Waals surface area contributed by atoms with Gasteiger partial charge in [0, 0.05) is 41.3 Å². The molecule has 1 aliphatic carbocycles. The zero-order valence-electron chi connectivity index (χ0n) is 15.2. The highest BCUT2D eigenvalue weighted by Crippen LogP contribution is 2.30. The second kappa shape index (κ2) is 7.50. The Hall–Kier alpha value is -2.34. The second-order valence-corrected chi connectivity index (χ2v) is 7.37. The zero-order chi connectivity index (χ0) is 17.9. The summed E-state index contributed by atoms with van der Waals surface area (Å²) in [7, 11) is 2.11. The third-order valence-electron chi connectivity index (χ3n) is 5.51. The number of nitrogens with one attached hydrogen (secondary N) is 1. The first-order valence-electron chi connectivity index (χ1n) is 9.46. The maximum absolute atomic E-state index is 12.7. The van der Waals surface area contributed by atoms with Gasteiger partial charge in [0.2, 0.25) is 5.91 Å². The molecule has 0 radical (unpaired) electrons.